The lowest BCUT2D eigenvalue weighted by Crippen LogP contribution is -2.30. The van der Waals surface area contributed by atoms with Crippen molar-refractivity contribution in [3.05, 3.63) is 59.7 Å². The molecule has 0 atom stereocenters. The third-order valence-corrected chi connectivity index (χ3v) is 6.79. The minimum atomic E-state index is -4.07. The first kappa shape index (κ1) is 24.3. The standard InChI is InChI=1S/C24H27N3O5S/c1-24(2,17-25)14-8-4-5-9-18-12-13-21(32-23(29)19-10-6-3-7-11-19)20(15-18)27-16-22(28)26-33(27,30)31/h3,6-7,10-13,15H,4-5,8-9,14,16H2,1-2H3,(H,26,28). The second kappa shape index (κ2) is 10.0. The van der Waals surface area contributed by atoms with E-state index < -0.39 is 22.1 Å². The number of aryl methyl sites for hydroxylation is 1. The van der Waals surface area contributed by atoms with E-state index >= 15 is 0 Å². The Morgan fingerprint density at radius 1 is 1.15 bits per heavy atom. The summed E-state index contributed by atoms with van der Waals surface area (Å²) in [5, 5.41) is 9.12. The van der Waals surface area contributed by atoms with Crippen molar-refractivity contribution in [2.75, 3.05) is 10.8 Å². The zero-order chi connectivity index (χ0) is 24.1. The van der Waals surface area contributed by atoms with Gasteiger partial charge in [-0.1, -0.05) is 37.1 Å². The molecule has 1 fully saturated rings. The Balaban J connectivity index is 1.78. The third kappa shape index (κ3) is 6.33. The van der Waals surface area contributed by atoms with Gasteiger partial charge in [0.2, 0.25) is 0 Å². The van der Waals surface area contributed by atoms with Gasteiger partial charge in [0.15, 0.2) is 5.75 Å². The molecule has 174 valence electrons. The maximum absolute atomic E-state index is 12.5. The van der Waals surface area contributed by atoms with Gasteiger partial charge in [0.25, 0.3) is 5.91 Å². The van der Waals surface area contributed by atoms with Crippen LogP contribution in [0.15, 0.2) is 48.5 Å². The quantitative estimate of drug-likeness (QED) is 0.340. The molecular formula is C24H27N3O5S. The number of esters is 1. The van der Waals surface area contributed by atoms with Crippen molar-refractivity contribution in [2.24, 2.45) is 5.41 Å². The molecule has 3 rings (SSSR count). The fourth-order valence-corrected chi connectivity index (χ4v) is 4.67. The number of hydrogen-bond acceptors (Lipinski definition) is 6. The molecule has 0 radical (unpaired) electrons. The molecule has 1 aliphatic rings. The third-order valence-electron chi connectivity index (χ3n) is 5.39. The molecule has 2 aromatic carbocycles. The van der Waals surface area contributed by atoms with E-state index in [4.69, 9.17) is 10.00 Å². The van der Waals surface area contributed by atoms with Crippen molar-refractivity contribution >= 4 is 27.8 Å². The Hall–Kier alpha value is -3.38. The molecule has 33 heavy (non-hydrogen) atoms. The Bertz CT molecular complexity index is 1170. The smallest absolute Gasteiger partial charge is 0.343 e. The summed E-state index contributed by atoms with van der Waals surface area (Å²) in [5.74, 6) is -1.22. The molecule has 1 saturated heterocycles. The number of rotatable bonds is 9. The highest BCUT2D eigenvalue weighted by molar-refractivity contribution is 7.92. The molecule has 1 N–H and O–H groups in total. The van der Waals surface area contributed by atoms with Gasteiger partial charge in [-0.2, -0.15) is 13.7 Å². The first-order valence-electron chi connectivity index (χ1n) is 10.8. The van der Waals surface area contributed by atoms with Gasteiger partial charge in [-0.25, -0.2) is 13.8 Å². The topological polar surface area (TPSA) is 117 Å². The first-order chi connectivity index (χ1) is 15.6. The summed E-state index contributed by atoms with van der Waals surface area (Å²) in [5.41, 5.74) is 0.979. The normalized spacial score (nSPS) is 15.1. The van der Waals surface area contributed by atoms with E-state index in [9.17, 15) is 18.0 Å². The molecule has 1 aliphatic heterocycles. The van der Waals surface area contributed by atoms with E-state index in [1.165, 1.54) is 0 Å². The van der Waals surface area contributed by atoms with Gasteiger partial charge in [-0.15, -0.1) is 0 Å². The van der Waals surface area contributed by atoms with Crippen LogP contribution in [0.1, 0.15) is 55.5 Å². The molecule has 9 heteroatoms. The van der Waals surface area contributed by atoms with E-state index in [0.29, 0.717) is 12.0 Å². The highest BCUT2D eigenvalue weighted by Crippen LogP contribution is 2.34. The van der Waals surface area contributed by atoms with Crippen LogP contribution < -0.4 is 13.8 Å². The minimum absolute atomic E-state index is 0.0587. The van der Waals surface area contributed by atoms with Crippen LogP contribution in [-0.2, 0) is 21.4 Å². The van der Waals surface area contributed by atoms with Crippen LogP contribution in [0.3, 0.4) is 0 Å². The van der Waals surface area contributed by atoms with Crippen LogP contribution in [0, 0.1) is 16.7 Å². The summed E-state index contributed by atoms with van der Waals surface area (Å²) in [6.45, 7) is 3.45. The van der Waals surface area contributed by atoms with E-state index in [1.54, 1.807) is 48.5 Å². The van der Waals surface area contributed by atoms with Crippen molar-refractivity contribution in [3.63, 3.8) is 0 Å². The lowest BCUT2D eigenvalue weighted by Gasteiger charge is -2.19. The second-order valence-corrected chi connectivity index (χ2v) is 10.2. The molecule has 0 aliphatic carbocycles. The predicted octanol–water partition coefficient (Wildman–Crippen LogP) is 3.74. The van der Waals surface area contributed by atoms with E-state index in [-0.39, 0.29) is 23.4 Å². The number of unbranched alkanes of at least 4 members (excludes halogenated alkanes) is 2. The molecule has 0 bridgehead atoms. The van der Waals surface area contributed by atoms with Gasteiger partial charge in [0, 0.05) is 0 Å². The van der Waals surface area contributed by atoms with Crippen molar-refractivity contribution in [1.29, 1.82) is 5.26 Å². The Morgan fingerprint density at radius 2 is 1.88 bits per heavy atom. The zero-order valence-corrected chi connectivity index (χ0v) is 19.5. The lowest BCUT2D eigenvalue weighted by atomic mass is 9.88. The molecule has 0 unspecified atom stereocenters. The maximum atomic E-state index is 12.5. The van der Waals surface area contributed by atoms with Crippen molar-refractivity contribution in [1.82, 2.24) is 4.72 Å². The van der Waals surface area contributed by atoms with E-state index in [0.717, 1.165) is 35.6 Å². The number of carbonyl (C=O) groups is 2. The molecule has 1 heterocycles. The number of anilines is 1. The number of nitrogens with zero attached hydrogens (tertiary/aromatic N) is 2. The Kier molecular flexibility index (Phi) is 7.39. The number of nitrogens with one attached hydrogen (secondary N) is 1. The molecule has 0 aromatic heterocycles. The molecule has 0 saturated carbocycles. The summed E-state index contributed by atoms with van der Waals surface area (Å²) >= 11 is 0. The zero-order valence-electron chi connectivity index (χ0n) is 18.7. The van der Waals surface area contributed by atoms with Gasteiger partial charge in [0.05, 0.1) is 22.7 Å². The van der Waals surface area contributed by atoms with Crippen LogP contribution in [-0.4, -0.2) is 26.8 Å². The van der Waals surface area contributed by atoms with Crippen LogP contribution in [0.25, 0.3) is 0 Å². The summed E-state index contributed by atoms with van der Waals surface area (Å²) in [6.07, 6.45) is 4.19. The van der Waals surface area contributed by atoms with Gasteiger partial charge in [0.1, 0.15) is 6.54 Å². The molecule has 2 aromatic rings. The van der Waals surface area contributed by atoms with Crippen molar-refractivity contribution in [2.45, 2.75) is 46.0 Å². The van der Waals surface area contributed by atoms with Crippen molar-refractivity contribution in [3.8, 4) is 11.8 Å². The summed E-state index contributed by atoms with van der Waals surface area (Å²) < 4.78 is 33.3. The highest BCUT2D eigenvalue weighted by Gasteiger charge is 2.36. The number of benzene rings is 2. The SMILES string of the molecule is CC(C)(C#N)CCCCCc1ccc(OC(=O)c2ccccc2)c(N2CC(=O)NS2(=O)=O)c1. The molecule has 0 spiro atoms. The lowest BCUT2D eigenvalue weighted by molar-refractivity contribution is -0.117. The van der Waals surface area contributed by atoms with Gasteiger partial charge < -0.3 is 4.74 Å². The highest BCUT2D eigenvalue weighted by atomic mass is 32.2. The van der Waals surface area contributed by atoms with Gasteiger partial charge >= 0.3 is 16.2 Å². The molecule has 1 amide bonds. The van der Waals surface area contributed by atoms with Crippen LogP contribution in [0.4, 0.5) is 5.69 Å². The average Bonchev–Trinajstić information content (AvgIpc) is 3.06. The first-order valence-corrected chi connectivity index (χ1v) is 12.2. The van der Waals surface area contributed by atoms with Gasteiger partial charge in [-0.05, 0) is 62.9 Å². The number of hydrogen-bond donors (Lipinski definition) is 1. The Labute approximate surface area is 194 Å². The van der Waals surface area contributed by atoms with Crippen LogP contribution in [0.2, 0.25) is 0 Å². The molecular weight excluding hydrogens is 442 g/mol. The fraction of sp³-hybridized carbons (Fsp3) is 0.375. The summed E-state index contributed by atoms with van der Waals surface area (Å²) in [7, 11) is -4.07. The van der Waals surface area contributed by atoms with Crippen molar-refractivity contribution < 1.29 is 22.7 Å². The Morgan fingerprint density at radius 3 is 2.52 bits per heavy atom. The van der Waals surface area contributed by atoms with E-state index in [2.05, 4.69) is 6.07 Å². The number of carbonyl (C=O) groups excluding carboxylic acids is 2. The monoisotopic (exact) mass is 469 g/mol. The number of ether oxygens (including phenoxy) is 1. The summed E-state index contributed by atoms with van der Waals surface area (Å²) in [4.78, 5) is 24.3. The van der Waals surface area contributed by atoms with Crippen LogP contribution in [0.5, 0.6) is 5.75 Å². The van der Waals surface area contributed by atoms with E-state index in [1.807, 2.05) is 18.6 Å². The average molecular weight is 470 g/mol. The number of amides is 1. The number of nitriles is 1. The molecule has 8 nitrogen and oxygen atoms in total. The largest absolute Gasteiger partial charge is 0.421 e. The van der Waals surface area contributed by atoms with Crippen LogP contribution >= 0.6 is 0 Å². The predicted molar refractivity (Wildman–Crippen MR) is 124 cm³/mol. The minimum Gasteiger partial charge on any atom is -0.421 e. The fourth-order valence-electron chi connectivity index (χ4n) is 3.52. The summed E-state index contributed by atoms with van der Waals surface area (Å²) in [6, 6.07) is 15.7. The maximum Gasteiger partial charge on any atom is 0.343 e. The second-order valence-electron chi connectivity index (χ2n) is 8.65. The van der Waals surface area contributed by atoms with Gasteiger partial charge in [-0.3, -0.25) is 4.79 Å².